The molecule has 0 saturated heterocycles. The molecule has 3 heterocycles. The minimum absolute atomic E-state index is 0.0607. The van der Waals surface area contributed by atoms with Crippen LogP contribution in [0.25, 0.3) is 11.3 Å². The highest BCUT2D eigenvalue weighted by Crippen LogP contribution is 2.34. The van der Waals surface area contributed by atoms with E-state index in [9.17, 15) is 4.79 Å². The molecular weight excluding hydrogens is 522 g/mol. The Balaban J connectivity index is 1.47. The van der Waals surface area contributed by atoms with Crippen LogP contribution in [-0.4, -0.2) is 40.1 Å². The SMILES string of the molecule is CC1=CC(c2nn(-c3ccccc3)c(NC(=O)NC3CSCc4ccc(Br)cc43)c2C)=CN(C)C1. The van der Waals surface area contributed by atoms with Gasteiger partial charge < -0.3 is 10.2 Å². The van der Waals surface area contributed by atoms with Gasteiger partial charge in [-0.3, -0.25) is 5.32 Å². The minimum atomic E-state index is -0.239. The number of fused-ring (bicyclic) bond motifs is 1. The van der Waals surface area contributed by atoms with Gasteiger partial charge >= 0.3 is 6.03 Å². The maximum atomic E-state index is 13.3. The number of allylic oxidation sites excluding steroid dienone is 2. The van der Waals surface area contributed by atoms with Crippen LogP contribution >= 0.6 is 27.7 Å². The van der Waals surface area contributed by atoms with Gasteiger partial charge in [0.05, 0.1) is 17.4 Å². The van der Waals surface area contributed by atoms with Crippen LogP contribution in [0.2, 0.25) is 0 Å². The average molecular weight is 551 g/mol. The van der Waals surface area contributed by atoms with E-state index in [1.54, 1.807) is 0 Å². The van der Waals surface area contributed by atoms with E-state index in [4.69, 9.17) is 5.10 Å². The number of benzene rings is 2. The van der Waals surface area contributed by atoms with Gasteiger partial charge in [0.15, 0.2) is 0 Å². The number of anilines is 1. The van der Waals surface area contributed by atoms with Crippen molar-refractivity contribution < 1.29 is 4.79 Å². The number of hydrogen-bond donors (Lipinski definition) is 2. The summed E-state index contributed by atoms with van der Waals surface area (Å²) in [6, 6.07) is 15.9. The monoisotopic (exact) mass is 549 g/mol. The zero-order chi connectivity index (χ0) is 24.5. The highest BCUT2D eigenvalue weighted by atomic mass is 79.9. The molecule has 0 spiro atoms. The van der Waals surface area contributed by atoms with E-state index < -0.39 is 0 Å². The molecule has 2 amide bonds. The van der Waals surface area contributed by atoms with Crippen LogP contribution in [0.4, 0.5) is 10.6 Å². The van der Waals surface area contributed by atoms with Gasteiger partial charge in [-0.1, -0.05) is 51.8 Å². The molecule has 35 heavy (non-hydrogen) atoms. The third-order valence-electron chi connectivity index (χ3n) is 6.22. The highest BCUT2D eigenvalue weighted by molar-refractivity contribution is 9.10. The van der Waals surface area contributed by atoms with E-state index in [0.717, 1.165) is 45.0 Å². The van der Waals surface area contributed by atoms with Crippen LogP contribution in [0.5, 0.6) is 0 Å². The molecule has 1 aromatic heterocycles. The smallest absolute Gasteiger partial charge is 0.320 e. The Labute approximate surface area is 218 Å². The summed E-state index contributed by atoms with van der Waals surface area (Å²) in [6.45, 7) is 5.03. The fraction of sp³-hybridized carbons (Fsp3) is 0.259. The Bertz CT molecular complexity index is 1330. The summed E-state index contributed by atoms with van der Waals surface area (Å²) in [5, 5.41) is 11.3. The van der Waals surface area contributed by atoms with Crippen molar-refractivity contribution in [3.8, 4) is 5.69 Å². The second-order valence-corrected chi connectivity index (χ2v) is 11.0. The lowest BCUT2D eigenvalue weighted by molar-refractivity contribution is 0.249. The molecule has 0 radical (unpaired) electrons. The molecule has 5 rings (SSSR count). The highest BCUT2D eigenvalue weighted by Gasteiger charge is 2.25. The number of amides is 2. The Morgan fingerprint density at radius 2 is 1.97 bits per heavy atom. The number of thioether (sulfide) groups is 1. The van der Waals surface area contributed by atoms with Crippen LogP contribution in [0.15, 0.2) is 70.9 Å². The summed E-state index contributed by atoms with van der Waals surface area (Å²) in [4.78, 5) is 15.4. The van der Waals surface area contributed by atoms with Crippen molar-refractivity contribution in [2.75, 3.05) is 24.7 Å². The summed E-state index contributed by atoms with van der Waals surface area (Å²) in [5.41, 5.74) is 7.41. The van der Waals surface area contributed by atoms with E-state index in [0.29, 0.717) is 5.82 Å². The molecule has 0 bridgehead atoms. The zero-order valence-corrected chi connectivity index (χ0v) is 22.4. The maximum absolute atomic E-state index is 13.3. The summed E-state index contributed by atoms with van der Waals surface area (Å²) >= 11 is 5.40. The van der Waals surface area contributed by atoms with Crippen molar-refractivity contribution in [1.29, 1.82) is 0 Å². The molecule has 2 aromatic carbocycles. The van der Waals surface area contributed by atoms with E-state index >= 15 is 0 Å². The normalized spacial score (nSPS) is 17.4. The molecule has 3 aromatic rings. The van der Waals surface area contributed by atoms with E-state index in [1.807, 2.05) is 53.7 Å². The fourth-order valence-corrected chi connectivity index (χ4v) is 6.12. The van der Waals surface area contributed by atoms with Gasteiger partial charge in [-0.2, -0.15) is 16.9 Å². The van der Waals surface area contributed by atoms with Crippen LogP contribution in [0.3, 0.4) is 0 Å². The van der Waals surface area contributed by atoms with Gasteiger partial charge in [-0.25, -0.2) is 9.48 Å². The molecule has 0 saturated carbocycles. The number of nitrogens with one attached hydrogen (secondary N) is 2. The van der Waals surface area contributed by atoms with Crippen molar-refractivity contribution in [2.24, 2.45) is 0 Å². The van der Waals surface area contributed by atoms with Gasteiger partial charge in [0.2, 0.25) is 0 Å². The lowest BCUT2D eigenvalue weighted by atomic mass is 10.0. The number of para-hydroxylation sites is 1. The van der Waals surface area contributed by atoms with E-state index in [-0.39, 0.29) is 12.1 Å². The third-order valence-corrected chi connectivity index (χ3v) is 7.80. The van der Waals surface area contributed by atoms with Gasteiger partial charge in [-0.15, -0.1) is 0 Å². The maximum Gasteiger partial charge on any atom is 0.320 e. The lowest BCUT2D eigenvalue weighted by Gasteiger charge is -2.26. The number of likely N-dealkylation sites (N-methyl/N-ethyl adjacent to an activating group) is 1. The Hall–Kier alpha value is -2.97. The summed E-state index contributed by atoms with van der Waals surface area (Å²) < 4.78 is 2.84. The number of rotatable bonds is 4. The van der Waals surface area contributed by atoms with Gasteiger partial charge in [-0.05, 0) is 49.2 Å². The van der Waals surface area contributed by atoms with Crippen molar-refractivity contribution in [3.63, 3.8) is 0 Å². The van der Waals surface area contributed by atoms with Crippen LogP contribution < -0.4 is 10.6 Å². The topological polar surface area (TPSA) is 62.2 Å². The Morgan fingerprint density at radius 3 is 2.74 bits per heavy atom. The van der Waals surface area contributed by atoms with Crippen molar-refractivity contribution in [1.82, 2.24) is 20.0 Å². The predicted octanol–water partition coefficient (Wildman–Crippen LogP) is 6.29. The first-order valence-electron chi connectivity index (χ1n) is 11.6. The molecular formula is C27H28BrN5OS. The molecule has 1 atom stereocenters. The van der Waals surface area contributed by atoms with E-state index in [1.165, 1.54) is 16.7 Å². The first-order valence-corrected chi connectivity index (χ1v) is 13.5. The average Bonchev–Trinajstić information content (AvgIpc) is 3.15. The van der Waals surface area contributed by atoms with Crippen molar-refractivity contribution in [3.05, 3.63) is 93.2 Å². The number of hydrogen-bond acceptors (Lipinski definition) is 4. The molecule has 6 nitrogen and oxygen atoms in total. The summed E-state index contributed by atoms with van der Waals surface area (Å²) in [5.74, 6) is 2.46. The molecule has 180 valence electrons. The number of nitrogens with zero attached hydrogens (tertiary/aromatic N) is 3. The third kappa shape index (κ3) is 5.04. The first kappa shape index (κ1) is 23.8. The standard InChI is InChI=1S/C27H28BrN5OS/c1-17-11-20(14-32(3)13-17)25-18(2)26(33(31-25)22-7-5-4-6-8-22)30-27(34)29-24-16-35-15-19-9-10-21(28)12-23(19)24/h4-12,14,24H,13,15-16H2,1-3H3,(H2,29,30,34). The summed E-state index contributed by atoms with van der Waals surface area (Å²) in [6.07, 6.45) is 4.28. The zero-order valence-electron chi connectivity index (χ0n) is 20.0. The van der Waals surface area contributed by atoms with E-state index in [2.05, 4.69) is 75.9 Å². The second kappa shape index (κ2) is 9.95. The fourth-order valence-electron chi connectivity index (χ4n) is 4.65. The lowest BCUT2D eigenvalue weighted by Crippen LogP contribution is -2.36. The van der Waals surface area contributed by atoms with Gasteiger partial charge in [0.25, 0.3) is 0 Å². The number of halogens is 1. The number of aromatic nitrogens is 2. The van der Waals surface area contributed by atoms with Gasteiger partial charge in [0, 0.05) is 46.9 Å². The molecule has 2 aliphatic heterocycles. The quantitative estimate of drug-likeness (QED) is 0.401. The van der Waals surface area contributed by atoms with Crippen LogP contribution in [0, 0.1) is 6.92 Å². The van der Waals surface area contributed by atoms with Crippen LogP contribution in [0.1, 0.15) is 35.3 Å². The Morgan fingerprint density at radius 1 is 1.17 bits per heavy atom. The van der Waals surface area contributed by atoms with Gasteiger partial charge in [0.1, 0.15) is 5.82 Å². The van der Waals surface area contributed by atoms with Crippen molar-refractivity contribution >= 4 is 45.1 Å². The number of urea groups is 1. The van der Waals surface area contributed by atoms with Crippen molar-refractivity contribution in [2.45, 2.75) is 25.6 Å². The molecule has 2 aliphatic rings. The van der Waals surface area contributed by atoms with Crippen LogP contribution in [-0.2, 0) is 5.75 Å². The summed E-state index contributed by atoms with van der Waals surface area (Å²) in [7, 11) is 2.06. The first-order chi connectivity index (χ1) is 16.9. The predicted molar refractivity (Wildman–Crippen MR) is 148 cm³/mol. The Kier molecular flexibility index (Phi) is 6.75. The molecule has 1 unspecified atom stereocenters. The second-order valence-electron chi connectivity index (χ2n) is 9.07. The molecule has 0 fully saturated rings. The molecule has 8 heteroatoms. The molecule has 0 aliphatic carbocycles. The minimum Gasteiger partial charge on any atom is -0.376 e. The molecule has 2 N–H and O–H groups in total. The number of carbonyl (C=O) groups excluding carboxylic acids is 1. The number of carbonyl (C=O) groups is 1. The largest absolute Gasteiger partial charge is 0.376 e.